The smallest absolute Gasteiger partial charge is 0.255 e. The number of aromatic amines is 1. The summed E-state index contributed by atoms with van der Waals surface area (Å²) >= 11 is 3.59. The number of methoxy groups -OCH3 is 1. The maximum atomic E-state index is 14.0. The molecule has 1 aliphatic rings. The molecule has 7 nitrogen and oxygen atoms in total. The molecule has 1 aromatic carbocycles. The van der Waals surface area contributed by atoms with Crippen molar-refractivity contribution in [1.29, 1.82) is 0 Å². The Balaban J connectivity index is 0.00000256. The van der Waals surface area contributed by atoms with Gasteiger partial charge in [0.25, 0.3) is 5.91 Å². The number of nitrogens with two attached hydrogens (primary N) is 1. The molecule has 1 aliphatic heterocycles. The van der Waals surface area contributed by atoms with Gasteiger partial charge in [-0.3, -0.25) is 4.79 Å². The Morgan fingerprint density at radius 3 is 2.97 bits per heavy atom. The molecule has 4 N–H and O–H groups in total. The first-order chi connectivity index (χ1) is 14.0. The number of anilines is 2. The van der Waals surface area contributed by atoms with E-state index in [4.69, 9.17) is 10.5 Å². The fraction of sp³-hybridized carbons (Fsp3) is 0.300. The zero-order chi connectivity index (χ0) is 20.5. The SMILES string of the molecule is COc1ccc(C(=O)Nc2c[nH]c3ncc(Br)c(N4CCCC(N)C4)c23)cc1F.Cl. The first kappa shape index (κ1) is 22.3. The molecule has 0 saturated carbocycles. The number of aromatic nitrogens is 2. The standard InChI is InChI=1S/C20H21BrFN5O2.ClH/c1-29-16-5-4-11(7-14(16)22)20(28)26-15-9-25-19-17(15)18(13(21)8-24-19)27-6-2-3-12(23)10-27;/h4-5,7-9,12H,2-3,6,10,23H2,1H3,(H,24,25)(H,26,28);1H. The first-order valence-corrected chi connectivity index (χ1v) is 10.1. The minimum Gasteiger partial charge on any atom is -0.494 e. The van der Waals surface area contributed by atoms with Gasteiger partial charge in [0.05, 0.1) is 28.3 Å². The van der Waals surface area contributed by atoms with E-state index in [1.54, 1.807) is 12.4 Å². The van der Waals surface area contributed by atoms with Crippen molar-refractivity contribution >= 4 is 56.7 Å². The fourth-order valence-electron chi connectivity index (χ4n) is 3.68. The molecule has 3 heterocycles. The summed E-state index contributed by atoms with van der Waals surface area (Å²) in [6, 6.07) is 4.20. The average Bonchev–Trinajstić information content (AvgIpc) is 3.10. The van der Waals surface area contributed by atoms with E-state index in [1.807, 2.05) is 0 Å². The van der Waals surface area contributed by atoms with Gasteiger partial charge >= 0.3 is 0 Å². The van der Waals surface area contributed by atoms with Gasteiger partial charge in [-0.15, -0.1) is 12.4 Å². The Bertz CT molecular complexity index is 1080. The van der Waals surface area contributed by atoms with Crippen LogP contribution in [0.1, 0.15) is 23.2 Å². The van der Waals surface area contributed by atoms with Gasteiger partial charge in [-0.25, -0.2) is 9.37 Å². The molecule has 2 aromatic heterocycles. The van der Waals surface area contributed by atoms with Crippen molar-refractivity contribution in [2.45, 2.75) is 18.9 Å². The number of amides is 1. The Hall–Kier alpha value is -2.36. The van der Waals surface area contributed by atoms with Crippen LogP contribution in [0.3, 0.4) is 0 Å². The van der Waals surface area contributed by atoms with Crippen molar-refractivity contribution in [2.75, 3.05) is 30.4 Å². The second-order valence-electron chi connectivity index (χ2n) is 7.03. The highest BCUT2D eigenvalue weighted by molar-refractivity contribution is 9.10. The Kier molecular flexibility index (Phi) is 6.84. The number of ether oxygens (including phenoxy) is 1. The predicted octanol–water partition coefficient (Wildman–Crippen LogP) is 4.07. The Morgan fingerprint density at radius 2 is 2.27 bits per heavy atom. The van der Waals surface area contributed by atoms with Gasteiger partial charge in [-0.2, -0.15) is 0 Å². The van der Waals surface area contributed by atoms with Crippen LogP contribution in [0.2, 0.25) is 0 Å². The summed E-state index contributed by atoms with van der Waals surface area (Å²) in [5.41, 5.74) is 8.52. The molecular weight excluding hydrogens is 477 g/mol. The number of halogens is 3. The molecule has 0 spiro atoms. The van der Waals surface area contributed by atoms with Crippen LogP contribution in [0.5, 0.6) is 5.75 Å². The van der Waals surface area contributed by atoms with Crippen LogP contribution in [-0.4, -0.2) is 42.1 Å². The third-order valence-electron chi connectivity index (χ3n) is 5.07. The monoisotopic (exact) mass is 497 g/mol. The second-order valence-corrected chi connectivity index (χ2v) is 7.89. The van der Waals surface area contributed by atoms with Crippen molar-refractivity contribution in [3.05, 3.63) is 46.4 Å². The number of carbonyl (C=O) groups is 1. The highest BCUT2D eigenvalue weighted by atomic mass is 79.9. The minimum absolute atomic E-state index is 0. The van der Waals surface area contributed by atoms with E-state index in [0.717, 1.165) is 47.5 Å². The number of H-pyrrole nitrogens is 1. The van der Waals surface area contributed by atoms with Gasteiger partial charge in [0, 0.05) is 37.1 Å². The third-order valence-corrected chi connectivity index (χ3v) is 5.65. The fourth-order valence-corrected chi connectivity index (χ4v) is 4.23. The van der Waals surface area contributed by atoms with Crippen molar-refractivity contribution in [2.24, 2.45) is 5.73 Å². The highest BCUT2D eigenvalue weighted by Gasteiger charge is 2.24. The summed E-state index contributed by atoms with van der Waals surface area (Å²) in [6.07, 6.45) is 5.41. The van der Waals surface area contributed by atoms with E-state index in [2.05, 4.69) is 36.1 Å². The summed E-state index contributed by atoms with van der Waals surface area (Å²) in [5.74, 6) is -0.925. The van der Waals surface area contributed by atoms with E-state index >= 15 is 0 Å². The molecule has 0 aliphatic carbocycles. The molecule has 1 unspecified atom stereocenters. The van der Waals surface area contributed by atoms with Gasteiger partial charge in [-0.1, -0.05) is 0 Å². The normalized spacial score (nSPS) is 16.3. The molecule has 30 heavy (non-hydrogen) atoms. The largest absolute Gasteiger partial charge is 0.494 e. The van der Waals surface area contributed by atoms with E-state index in [9.17, 15) is 9.18 Å². The van der Waals surface area contributed by atoms with Crippen LogP contribution in [0.25, 0.3) is 11.0 Å². The van der Waals surface area contributed by atoms with E-state index in [1.165, 1.54) is 19.2 Å². The number of hydrogen-bond acceptors (Lipinski definition) is 5. The van der Waals surface area contributed by atoms with Gasteiger partial charge in [0.15, 0.2) is 11.6 Å². The molecule has 160 valence electrons. The lowest BCUT2D eigenvalue weighted by Gasteiger charge is -2.33. The van der Waals surface area contributed by atoms with Crippen molar-refractivity contribution in [3.63, 3.8) is 0 Å². The summed E-state index contributed by atoms with van der Waals surface area (Å²) in [6.45, 7) is 1.59. The molecule has 4 rings (SSSR count). The molecule has 1 atom stereocenters. The maximum absolute atomic E-state index is 14.0. The van der Waals surface area contributed by atoms with Crippen LogP contribution in [0.4, 0.5) is 15.8 Å². The molecule has 0 bridgehead atoms. The highest BCUT2D eigenvalue weighted by Crippen LogP contribution is 2.39. The van der Waals surface area contributed by atoms with Crippen molar-refractivity contribution in [3.8, 4) is 5.75 Å². The summed E-state index contributed by atoms with van der Waals surface area (Å²) in [7, 11) is 1.38. The number of piperidine rings is 1. The van der Waals surface area contributed by atoms with Gasteiger partial charge in [0.2, 0.25) is 0 Å². The quantitative estimate of drug-likeness (QED) is 0.504. The zero-order valence-corrected chi connectivity index (χ0v) is 18.6. The number of rotatable bonds is 4. The number of nitrogens with one attached hydrogen (secondary N) is 2. The van der Waals surface area contributed by atoms with E-state index in [-0.39, 0.29) is 29.8 Å². The van der Waals surface area contributed by atoms with Gasteiger partial charge in [-0.05, 0) is 47.0 Å². The number of pyridine rings is 1. The summed E-state index contributed by atoms with van der Waals surface area (Å²) in [5, 5.41) is 3.66. The van der Waals surface area contributed by atoms with Gasteiger partial charge in [0.1, 0.15) is 5.65 Å². The van der Waals surface area contributed by atoms with Crippen LogP contribution in [0.15, 0.2) is 35.1 Å². The molecule has 1 fully saturated rings. The number of hydrogen-bond donors (Lipinski definition) is 3. The van der Waals surface area contributed by atoms with Crippen LogP contribution < -0.4 is 20.7 Å². The lowest BCUT2D eigenvalue weighted by atomic mass is 10.1. The van der Waals surface area contributed by atoms with Crippen LogP contribution in [0, 0.1) is 5.82 Å². The van der Waals surface area contributed by atoms with Crippen LogP contribution in [-0.2, 0) is 0 Å². The number of nitrogens with zero attached hydrogens (tertiary/aromatic N) is 2. The summed E-state index contributed by atoms with van der Waals surface area (Å²) in [4.78, 5) is 22.4. The van der Waals surface area contributed by atoms with Crippen molar-refractivity contribution < 1.29 is 13.9 Å². The topological polar surface area (TPSA) is 96.3 Å². The van der Waals surface area contributed by atoms with Crippen LogP contribution >= 0.6 is 28.3 Å². The molecule has 3 aromatic rings. The lowest BCUT2D eigenvalue weighted by molar-refractivity contribution is 0.102. The number of carbonyl (C=O) groups excluding carboxylic acids is 1. The molecule has 1 saturated heterocycles. The lowest BCUT2D eigenvalue weighted by Crippen LogP contribution is -2.43. The minimum atomic E-state index is -0.591. The molecule has 0 radical (unpaired) electrons. The molecular formula is C20H22BrClFN5O2. The second kappa shape index (κ2) is 9.20. The maximum Gasteiger partial charge on any atom is 0.255 e. The Labute approximate surface area is 187 Å². The van der Waals surface area contributed by atoms with E-state index < -0.39 is 11.7 Å². The average molecular weight is 499 g/mol. The number of benzene rings is 1. The first-order valence-electron chi connectivity index (χ1n) is 9.29. The zero-order valence-electron chi connectivity index (χ0n) is 16.2. The van der Waals surface area contributed by atoms with Gasteiger partial charge < -0.3 is 25.7 Å². The Morgan fingerprint density at radius 1 is 1.47 bits per heavy atom. The van der Waals surface area contributed by atoms with E-state index in [0.29, 0.717) is 11.3 Å². The predicted molar refractivity (Wildman–Crippen MR) is 121 cm³/mol. The molecule has 1 amide bonds. The molecule has 10 heteroatoms. The number of fused-ring (bicyclic) bond motifs is 1. The summed E-state index contributed by atoms with van der Waals surface area (Å²) < 4.78 is 19.7. The third kappa shape index (κ3) is 4.23. The van der Waals surface area contributed by atoms with Crippen molar-refractivity contribution in [1.82, 2.24) is 9.97 Å².